The summed E-state index contributed by atoms with van der Waals surface area (Å²) in [4.78, 5) is 13.6. The second-order valence-corrected chi connectivity index (χ2v) is 6.11. The highest BCUT2D eigenvalue weighted by Gasteiger charge is 2.38. The van der Waals surface area contributed by atoms with Gasteiger partial charge in [0.2, 0.25) is 5.91 Å². The third kappa shape index (κ3) is 2.31. The zero-order valence-corrected chi connectivity index (χ0v) is 10.2. The van der Waals surface area contributed by atoms with Gasteiger partial charge in [0.15, 0.2) is 0 Å². The summed E-state index contributed by atoms with van der Waals surface area (Å²) in [5.41, 5.74) is 5.81. The van der Waals surface area contributed by atoms with Gasteiger partial charge in [-0.15, -0.1) is 0 Å². The molecular weight excluding hydrogens is 208 g/mol. The molecule has 1 amide bonds. The number of amides is 1. The second kappa shape index (κ2) is 4.34. The molecule has 0 bridgehead atoms. The Balaban J connectivity index is 1.98. The van der Waals surface area contributed by atoms with Crippen LogP contribution < -0.4 is 5.73 Å². The number of carbonyl (C=O) groups excluding carboxylic acids is 1. The zero-order valence-electron chi connectivity index (χ0n) is 9.37. The summed E-state index contributed by atoms with van der Waals surface area (Å²) in [5, 5.41) is 0. The molecule has 4 heteroatoms. The third-order valence-electron chi connectivity index (χ3n) is 3.67. The maximum Gasteiger partial charge on any atom is 0.224 e. The molecule has 1 unspecified atom stereocenters. The van der Waals surface area contributed by atoms with Crippen LogP contribution in [0.2, 0.25) is 0 Å². The second-order valence-electron chi connectivity index (χ2n) is 4.83. The van der Waals surface area contributed by atoms with Gasteiger partial charge in [0.25, 0.3) is 0 Å². The van der Waals surface area contributed by atoms with Gasteiger partial charge in [-0.1, -0.05) is 12.8 Å². The summed E-state index contributed by atoms with van der Waals surface area (Å²) < 4.78 is 0.333. The molecule has 86 valence electrons. The minimum Gasteiger partial charge on any atom is -0.340 e. The Morgan fingerprint density at radius 3 is 2.67 bits per heavy atom. The summed E-state index contributed by atoms with van der Waals surface area (Å²) in [6, 6.07) is 0.0674. The molecule has 1 aliphatic heterocycles. The summed E-state index contributed by atoms with van der Waals surface area (Å²) in [5.74, 6) is 0.253. The van der Waals surface area contributed by atoms with E-state index in [0.29, 0.717) is 11.2 Å². The van der Waals surface area contributed by atoms with Gasteiger partial charge in [0, 0.05) is 30.3 Å². The molecule has 2 N–H and O–H groups in total. The molecule has 1 saturated carbocycles. The number of thioether (sulfide) groups is 1. The maximum absolute atomic E-state index is 11.7. The van der Waals surface area contributed by atoms with E-state index < -0.39 is 0 Å². The lowest BCUT2D eigenvalue weighted by molar-refractivity contribution is -0.128. The average molecular weight is 228 g/mol. The van der Waals surface area contributed by atoms with E-state index >= 15 is 0 Å². The monoisotopic (exact) mass is 228 g/mol. The van der Waals surface area contributed by atoms with Crippen molar-refractivity contribution in [2.45, 2.75) is 42.9 Å². The number of rotatable bonds is 3. The highest BCUT2D eigenvalue weighted by atomic mass is 32.2. The first kappa shape index (κ1) is 11.3. The molecule has 1 aliphatic carbocycles. The fourth-order valence-corrected chi connectivity index (χ4v) is 3.73. The normalized spacial score (nSPS) is 30.1. The molecule has 1 saturated heterocycles. The Morgan fingerprint density at radius 1 is 1.53 bits per heavy atom. The Hall–Kier alpha value is -0.220. The first-order valence-electron chi connectivity index (χ1n) is 5.74. The molecule has 2 fully saturated rings. The maximum atomic E-state index is 11.7. The van der Waals surface area contributed by atoms with Gasteiger partial charge in [-0.05, 0) is 19.1 Å². The molecule has 0 aromatic heterocycles. The topological polar surface area (TPSA) is 46.3 Å². The molecular formula is C11H20N2OS. The van der Waals surface area contributed by atoms with Crippen LogP contribution in [-0.2, 0) is 4.79 Å². The number of nitrogens with two attached hydrogens (primary N) is 1. The minimum absolute atomic E-state index is 0.0674. The van der Waals surface area contributed by atoms with Gasteiger partial charge < -0.3 is 10.6 Å². The SMILES string of the molecule is CSC1(CN2CC(N)CC2=O)CCCC1. The Morgan fingerprint density at radius 2 is 2.20 bits per heavy atom. The molecule has 0 aromatic carbocycles. The van der Waals surface area contributed by atoms with E-state index in [1.54, 1.807) is 0 Å². The van der Waals surface area contributed by atoms with Crippen molar-refractivity contribution in [2.75, 3.05) is 19.3 Å². The van der Waals surface area contributed by atoms with Crippen molar-refractivity contribution in [2.24, 2.45) is 5.73 Å². The standard InChI is InChI=1S/C11H20N2OS/c1-15-11(4-2-3-5-11)8-13-7-9(12)6-10(13)14/h9H,2-8,12H2,1H3. The molecule has 2 aliphatic rings. The van der Waals surface area contributed by atoms with E-state index in [2.05, 4.69) is 6.26 Å². The van der Waals surface area contributed by atoms with E-state index in [1.165, 1.54) is 25.7 Å². The highest BCUT2D eigenvalue weighted by molar-refractivity contribution is 8.00. The van der Waals surface area contributed by atoms with Gasteiger partial charge in [0.05, 0.1) is 0 Å². The lowest BCUT2D eigenvalue weighted by Gasteiger charge is -2.31. The molecule has 2 rings (SSSR count). The Labute approximate surface area is 95.8 Å². The molecule has 0 spiro atoms. The van der Waals surface area contributed by atoms with Crippen LogP contribution in [0.25, 0.3) is 0 Å². The first-order chi connectivity index (χ1) is 7.15. The van der Waals surface area contributed by atoms with Crippen molar-refractivity contribution in [3.8, 4) is 0 Å². The van der Waals surface area contributed by atoms with Crippen LogP contribution in [0, 0.1) is 0 Å². The number of hydrogen-bond donors (Lipinski definition) is 1. The largest absolute Gasteiger partial charge is 0.340 e. The number of carbonyl (C=O) groups is 1. The third-order valence-corrected chi connectivity index (χ3v) is 5.07. The van der Waals surface area contributed by atoms with Gasteiger partial charge in [-0.2, -0.15) is 11.8 Å². The van der Waals surface area contributed by atoms with Crippen molar-refractivity contribution < 1.29 is 4.79 Å². The Kier molecular flexibility index (Phi) is 3.26. The van der Waals surface area contributed by atoms with Crippen molar-refractivity contribution in [3.05, 3.63) is 0 Å². The summed E-state index contributed by atoms with van der Waals surface area (Å²) in [7, 11) is 0. The highest BCUT2D eigenvalue weighted by Crippen LogP contribution is 2.41. The lowest BCUT2D eigenvalue weighted by Crippen LogP contribution is -2.40. The van der Waals surface area contributed by atoms with E-state index in [0.717, 1.165) is 13.1 Å². The van der Waals surface area contributed by atoms with E-state index in [-0.39, 0.29) is 11.9 Å². The Bertz CT molecular complexity index is 251. The van der Waals surface area contributed by atoms with Crippen LogP contribution in [0.3, 0.4) is 0 Å². The molecule has 1 heterocycles. The lowest BCUT2D eigenvalue weighted by atomic mass is 10.1. The van der Waals surface area contributed by atoms with E-state index in [4.69, 9.17) is 5.73 Å². The fraction of sp³-hybridized carbons (Fsp3) is 0.909. The number of likely N-dealkylation sites (tertiary alicyclic amines) is 1. The van der Waals surface area contributed by atoms with Crippen LogP contribution in [-0.4, -0.2) is 40.9 Å². The average Bonchev–Trinajstić information content (AvgIpc) is 2.76. The molecule has 3 nitrogen and oxygen atoms in total. The van der Waals surface area contributed by atoms with Crippen molar-refractivity contribution in [3.63, 3.8) is 0 Å². The smallest absolute Gasteiger partial charge is 0.224 e. The van der Waals surface area contributed by atoms with Gasteiger partial charge >= 0.3 is 0 Å². The molecule has 0 aromatic rings. The molecule has 0 radical (unpaired) electrons. The number of nitrogens with zero attached hydrogens (tertiary/aromatic N) is 1. The van der Waals surface area contributed by atoms with Crippen molar-refractivity contribution in [1.29, 1.82) is 0 Å². The predicted molar refractivity (Wildman–Crippen MR) is 63.9 cm³/mol. The van der Waals surface area contributed by atoms with Crippen LogP contribution >= 0.6 is 11.8 Å². The van der Waals surface area contributed by atoms with Gasteiger partial charge in [0.1, 0.15) is 0 Å². The van der Waals surface area contributed by atoms with Crippen LogP contribution in [0.15, 0.2) is 0 Å². The molecule has 1 atom stereocenters. The van der Waals surface area contributed by atoms with Gasteiger partial charge in [-0.3, -0.25) is 4.79 Å². The number of hydrogen-bond acceptors (Lipinski definition) is 3. The molecule has 15 heavy (non-hydrogen) atoms. The van der Waals surface area contributed by atoms with E-state index in [1.807, 2.05) is 16.7 Å². The van der Waals surface area contributed by atoms with Gasteiger partial charge in [-0.25, -0.2) is 0 Å². The van der Waals surface area contributed by atoms with Crippen LogP contribution in [0.4, 0.5) is 0 Å². The summed E-state index contributed by atoms with van der Waals surface area (Å²) >= 11 is 1.94. The van der Waals surface area contributed by atoms with E-state index in [9.17, 15) is 4.79 Å². The van der Waals surface area contributed by atoms with Crippen LogP contribution in [0.5, 0.6) is 0 Å². The first-order valence-corrected chi connectivity index (χ1v) is 6.96. The summed E-state index contributed by atoms with van der Waals surface area (Å²) in [6.07, 6.45) is 7.86. The van der Waals surface area contributed by atoms with Crippen molar-refractivity contribution >= 4 is 17.7 Å². The predicted octanol–water partition coefficient (Wildman–Crippen LogP) is 1.22. The van der Waals surface area contributed by atoms with Crippen LogP contribution in [0.1, 0.15) is 32.1 Å². The zero-order chi connectivity index (χ0) is 10.9. The fourth-order valence-electron chi connectivity index (χ4n) is 2.75. The minimum atomic E-state index is 0.0674. The summed E-state index contributed by atoms with van der Waals surface area (Å²) in [6.45, 7) is 1.68. The quantitative estimate of drug-likeness (QED) is 0.790. The van der Waals surface area contributed by atoms with Crippen molar-refractivity contribution in [1.82, 2.24) is 4.90 Å².